The minimum atomic E-state index is 0.128. The van der Waals surface area contributed by atoms with Crippen LogP contribution in [0.1, 0.15) is 17.4 Å². The fraction of sp³-hybridized carbons (Fsp3) is 0.333. The molecule has 1 saturated heterocycles. The fourth-order valence-electron chi connectivity index (χ4n) is 3.40. The predicted molar refractivity (Wildman–Crippen MR) is 107 cm³/mol. The van der Waals surface area contributed by atoms with E-state index in [1.54, 1.807) is 12.4 Å². The van der Waals surface area contributed by atoms with Crippen LogP contribution in [0.2, 0.25) is 0 Å². The van der Waals surface area contributed by atoms with Crippen molar-refractivity contribution in [1.29, 1.82) is 0 Å². The van der Waals surface area contributed by atoms with E-state index in [1.807, 2.05) is 18.3 Å². The van der Waals surface area contributed by atoms with Gasteiger partial charge in [-0.1, -0.05) is 12.1 Å². The standard InChI is InChI=1S/C21H25N5O/c1-25(2)18-5-3-16(4-6-18)14-26-11-12-27-15-20(26)21-23-13-19(24-21)17-7-9-22-10-8-17/h3-10,13,20H,11-12,14-15H2,1-2H3,(H,23,24)/t20-/m0/s1. The molecule has 1 aliphatic rings. The van der Waals surface area contributed by atoms with Crippen molar-refractivity contribution >= 4 is 5.69 Å². The van der Waals surface area contributed by atoms with Gasteiger partial charge in [0.2, 0.25) is 0 Å². The van der Waals surface area contributed by atoms with Gasteiger partial charge in [-0.25, -0.2) is 4.98 Å². The van der Waals surface area contributed by atoms with Crippen molar-refractivity contribution < 1.29 is 4.74 Å². The number of anilines is 1. The maximum absolute atomic E-state index is 5.75. The molecule has 0 saturated carbocycles. The summed E-state index contributed by atoms with van der Waals surface area (Å²) in [5, 5.41) is 0. The summed E-state index contributed by atoms with van der Waals surface area (Å²) >= 11 is 0. The molecule has 1 atom stereocenters. The Kier molecular flexibility index (Phi) is 5.18. The van der Waals surface area contributed by atoms with Gasteiger partial charge in [0, 0.05) is 50.8 Å². The van der Waals surface area contributed by atoms with E-state index >= 15 is 0 Å². The minimum absolute atomic E-state index is 0.128. The number of aromatic nitrogens is 3. The van der Waals surface area contributed by atoms with E-state index in [0.717, 1.165) is 36.8 Å². The van der Waals surface area contributed by atoms with E-state index in [-0.39, 0.29) is 6.04 Å². The van der Waals surface area contributed by atoms with Crippen molar-refractivity contribution in [2.24, 2.45) is 0 Å². The summed E-state index contributed by atoms with van der Waals surface area (Å²) in [5.74, 6) is 0.950. The van der Waals surface area contributed by atoms with Crippen molar-refractivity contribution in [3.8, 4) is 11.3 Å². The van der Waals surface area contributed by atoms with Gasteiger partial charge < -0.3 is 14.6 Å². The molecule has 3 aromatic rings. The number of hydrogen-bond acceptors (Lipinski definition) is 5. The first kappa shape index (κ1) is 17.7. The van der Waals surface area contributed by atoms with Crippen molar-refractivity contribution in [3.05, 3.63) is 66.4 Å². The van der Waals surface area contributed by atoms with E-state index < -0.39 is 0 Å². The molecule has 0 bridgehead atoms. The molecule has 4 rings (SSSR count). The molecule has 1 N–H and O–H groups in total. The largest absolute Gasteiger partial charge is 0.378 e. The Bertz CT molecular complexity index is 860. The van der Waals surface area contributed by atoms with Gasteiger partial charge in [-0.3, -0.25) is 9.88 Å². The van der Waals surface area contributed by atoms with Crippen LogP contribution in [0.25, 0.3) is 11.3 Å². The highest BCUT2D eigenvalue weighted by Gasteiger charge is 2.27. The summed E-state index contributed by atoms with van der Waals surface area (Å²) in [7, 11) is 4.12. The van der Waals surface area contributed by atoms with Gasteiger partial charge in [0.25, 0.3) is 0 Å². The Morgan fingerprint density at radius 2 is 1.93 bits per heavy atom. The van der Waals surface area contributed by atoms with Gasteiger partial charge in [0.1, 0.15) is 5.82 Å². The highest BCUT2D eigenvalue weighted by atomic mass is 16.5. The predicted octanol–water partition coefficient (Wildman–Crippen LogP) is 3.11. The third-order valence-corrected chi connectivity index (χ3v) is 4.98. The summed E-state index contributed by atoms with van der Waals surface area (Å²) in [6.07, 6.45) is 5.48. The molecule has 140 valence electrons. The Morgan fingerprint density at radius 1 is 1.15 bits per heavy atom. The van der Waals surface area contributed by atoms with Gasteiger partial charge in [0.05, 0.1) is 31.1 Å². The highest BCUT2D eigenvalue weighted by Crippen LogP contribution is 2.26. The van der Waals surface area contributed by atoms with E-state index in [1.165, 1.54) is 11.3 Å². The molecule has 1 aromatic carbocycles. The lowest BCUT2D eigenvalue weighted by Crippen LogP contribution is -2.39. The van der Waals surface area contributed by atoms with Crippen LogP contribution in [0.4, 0.5) is 5.69 Å². The second-order valence-corrected chi connectivity index (χ2v) is 7.04. The maximum atomic E-state index is 5.75. The van der Waals surface area contributed by atoms with Gasteiger partial charge in [-0.05, 0) is 29.8 Å². The van der Waals surface area contributed by atoms with E-state index in [9.17, 15) is 0 Å². The number of imidazole rings is 1. The Morgan fingerprint density at radius 3 is 2.67 bits per heavy atom. The second-order valence-electron chi connectivity index (χ2n) is 7.04. The van der Waals surface area contributed by atoms with Crippen LogP contribution < -0.4 is 4.90 Å². The zero-order valence-electron chi connectivity index (χ0n) is 15.8. The molecule has 0 aliphatic carbocycles. The second kappa shape index (κ2) is 7.90. The Labute approximate surface area is 159 Å². The van der Waals surface area contributed by atoms with E-state index in [0.29, 0.717) is 6.61 Å². The summed E-state index contributed by atoms with van der Waals surface area (Å²) in [6, 6.07) is 12.8. The molecule has 6 heteroatoms. The zero-order valence-corrected chi connectivity index (χ0v) is 15.8. The minimum Gasteiger partial charge on any atom is -0.378 e. The lowest BCUT2D eigenvalue weighted by molar-refractivity contribution is -0.0156. The summed E-state index contributed by atoms with van der Waals surface area (Å²) in [6.45, 7) is 3.18. The number of nitrogens with one attached hydrogen (secondary N) is 1. The van der Waals surface area contributed by atoms with Crippen LogP contribution in [0, 0.1) is 0 Å². The van der Waals surface area contributed by atoms with Crippen LogP contribution in [-0.2, 0) is 11.3 Å². The van der Waals surface area contributed by atoms with Crippen LogP contribution in [0.3, 0.4) is 0 Å². The third-order valence-electron chi connectivity index (χ3n) is 4.98. The Balaban J connectivity index is 1.52. The molecule has 0 radical (unpaired) electrons. The maximum Gasteiger partial charge on any atom is 0.126 e. The van der Waals surface area contributed by atoms with E-state index in [4.69, 9.17) is 4.74 Å². The fourth-order valence-corrected chi connectivity index (χ4v) is 3.40. The number of benzene rings is 1. The average molecular weight is 363 g/mol. The van der Waals surface area contributed by atoms with Crippen LogP contribution in [-0.4, -0.2) is 53.7 Å². The molecule has 0 amide bonds. The van der Waals surface area contributed by atoms with Crippen LogP contribution in [0.5, 0.6) is 0 Å². The number of morpholine rings is 1. The first-order valence-corrected chi connectivity index (χ1v) is 9.24. The van der Waals surface area contributed by atoms with Crippen molar-refractivity contribution in [2.45, 2.75) is 12.6 Å². The smallest absolute Gasteiger partial charge is 0.126 e. The molecule has 1 fully saturated rings. The molecule has 6 nitrogen and oxygen atoms in total. The van der Waals surface area contributed by atoms with Crippen molar-refractivity contribution in [2.75, 3.05) is 38.8 Å². The third kappa shape index (κ3) is 4.02. The lowest BCUT2D eigenvalue weighted by atomic mass is 10.1. The number of hydrogen-bond donors (Lipinski definition) is 1. The summed E-state index contributed by atoms with van der Waals surface area (Å²) in [5.41, 5.74) is 4.61. The average Bonchev–Trinajstić information content (AvgIpc) is 3.19. The number of H-pyrrole nitrogens is 1. The molecule has 2 aromatic heterocycles. The molecule has 3 heterocycles. The first-order valence-electron chi connectivity index (χ1n) is 9.24. The Hall–Kier alpha value is -2.70. The normalized spacial score (nSPS) is 17.8. The number of nitrogens with zero attached hydrogens (tertiary/aromatic N) is 4. The van der Waals surface area contributed by atoms with Gasteiger partial charge in [0.15, 0.2) is 0 Å². The molecule has 27 heavy (non-hydrogen) atoms. The van der Waals surface area contributed by atoms with Gasteiger partial charge >= 0.3 is 0 Å². The van der Waals surface area contributed by atoms with E-state index in [2.05, 4.69) is 63.1 Å². The van der Waals surface area contributed by atoms with Crippen molar-refractivity contribution in [1.82, 2.24) is 19.9 Å². The monoisotopic (exact) mass is 363 g/mol. The topological polar surface area (TPSA) is 57.3 Å². The lowest BCUT2D eigenvalue weighted by Gasteiger charge is -2.34. The molecular weight excluding hydrogens is 338 g/mol. The summed E-state index contributed by atoms with van der Waals surface area (Å²) < 4.78 is 5.75. The molecule has 1 aliphatic heterocycles. The van der Waals surface area contributed by atoms with Crippen LogP contribution in [0.15, 0.2) is 55.0 Å². The summed E-state index contributed by atoms with van der Waals surface area (Å²) in [4.78, 5) is 16.7. The molecule has 0 spiro atoms. The number of rotatable bonds is 5. The van der Waals surface area contributed by atoms with Crippen LogP contribution >= 0.6 is 0 Å². The quantitative estimate of drug-likeness (QED) is 0.755. The number of aromatic amines is 1. The highest BCUT2D eigenvalue weighted by molar-refractivity contribution is 5.57. The molecular formula is C21H25N5O. The molecule has 0 unspecified atom stereocenters. The first-order chi connectivity index (χ1) is 13.2. The number of ether oxygens (including phenoxy) is 1. The zero-order chi connectivity index (χ0) is 18.6. The van der Waals surface area contributed by atoms with Crippen molar-refractivity contribution in [3.63, 3.8) is 0 Å². The SMILES string of the molecule is CN(C)c1ccc(CN2CCOC[C@H]2c2ncc(-c3ccncc3)[nH]2)cc1. The number of pyridine rings is 1. The van der Waals surface area contributed by atoms with Gasteiger partial charge in [-0.15, -0.1) is 0 Å². The van der Waals surface area contributed by atoms with Gasteiger partial charge in [-0.2, -0.15) is 0 Å².